The predicted molar refractivity (Wildman–Crippen MR) is 90.6 cm³/mol. The SMILES string of the molecule is O=C1CN(c2cn[nH]c(=O)c2Cl)CCN1Cc1ccccc1OC(F)(F)F. The zero-order valence-electron chi connectivity index (χ0n) is 13.8. The number of hydrogen-bond acceptors (Lipinski definition) is 5. The summed E-state index contributed by atoms with van der Waals surface area (Å²) in [5, 5.41) is 5.78. The molecule has 1 N–H and O–H groups in total. The summed E-state index contributed by atoms with van der Waals surface area (Å²) in [6.45, 7) is 0.481. The number of piperazine rings is 1. The standard InChI is InChI=1S/C16H14ClF3N4O3/c17-14-11(7-21-22-15(14)26)23-5-6-24(13(25)9-23)8-10-3-1-2-4-12(10)27-16(18,19)20/h1-4,7H,5-6,8-9H2,(H,22,26). The first kappa shape index (κ1) is 19.0. The Morgan fingerprint density at radius 2 is 1.96 bits per heavy atom. The lowest BCUT2D eigenvalue weighted by atomic mass is 10.1. The molecule has 0 saturated carbocycles. The number of benzene rings is 1. The van der Waals surface area contributed by atoms with E-state index < -0.39 is 11.9 Å². The summed E-state index contributed by atoms with van der Waals surface area (Å²) in [5.74, 6) is -0.665. The van der Waals surface area contributed by atoms with Gasteiger partial charge in [-0.2, -0.15) is 5.10 Å². The second-order valence-electron chi connectivity index (χ2n) is 5.79. The maximum absolute atomic E-state index is 12.5. The van der Waals surface area contributed by atoms with Crippen LogP contribution in [0.25, 0.3) is 0 Å². The third-order valence-corrected chi connectivity index (χ3v) is 4.36. The average Bonchev–Trinajstić information content (AvgIpc) is 2.59. The lowest BCUT2D eigenvalue weighted by Crippen LogP contribution is -2.50. The molecule has 7 nitrogen and oxygen atoms in total. The molecule has 3 rings (SSSR count). The molecule has 1 aliphatic rings. The van der Waals surface area contributed by atoms with Crippen LogP contribution in [-0.4, -0.2) is 47.0 Å². The van der Waals surface area contributed by atoms with Crippen molar-refractivity contribution in [2.45, 2.75) is 12.9 Å². The number of hydrogen-bond donors (Lipinski definition) is 1. The van der Waals surface area contributed by atoms with Gasteiger partial charge in [0.15, 0.2) is 0 Å². The molecule has 1 aliphatic heterocycles. The molecule has 1 aromatic heterocycles. The number of aromatic nitrogens is 2. The molecule has 0 aliphatic carbocycles. The van der Waals surface area contributed by atoms with Crippen LogP contribution in [0, 0.1) is 0 Å². The van der Waals surface area contributed by atoms with Crippen LogP contribution in [0.4, 0.5) is 18.9 Å². The van der Waals surface area contributed by atoms with Gasteiger partial charge in [-0.1, -0.05) is 29.8 Å². The number of carbonyl (C=O) groups excluding carboxylic acids is 1. The molecule has 0 atom stereocenters. The van der Waals surface area contributed by atoms with E-state index in [4.69, 9.17) is 11.6 Å². The first-order valence-corrected chi connectivity index (χ1v) is 8.22. The molecule has 2 aromatic rings. The number of H-pyrrole nitrogens is 1. The number of nitrogens with zero attached hydrogens (tertiary/aromatic N) is 3. The first-order valence-electron chi connectivity index (χ1n) is 7.84. The van der Waals surface area contributed by atoms with Gasteiger partial charge in [0.1, 0.15) is 10.8 Å². The van der Waals surface area contributed by atoms with E-state index in [1.165, 1.54) is 29.3 Å². The van der Waals surface area contributed by atoms with Crippen molar-refractivity contribution in [1.82, 2.24) is 15.1 Å². The van der Waals surface area contributed by atoms with Crippen molar-refractivity contribution in [1.29, 1.82) is 0 Å². The number of carbonyl (C=O) groups is 1. The first-order chi connectivity index (χ1) is 12.7. The number of ether oxygens (including phenoxy) is 1. The minimum Gasteiger partial charge on any atom is -0.405 e. The van der Waals surface area contributed by atoms with Crippen LogP contribution in [0.15, 0.2) is 35.3 Å². The van der Waals surface area contributed by atoms with Crippen LogP contribution in [0.1, 0.15) is 5.56 Å². The van der Waals surface area contributed by atoms with Crippen LogP contribution in [-0.2, 0) is 11.3 Å². The Morgan fingerprint density at radius 3 is 2.67 bits per heavy atom. The normalized spacial score (nSPS) is 15.2. The molecule has 0 bridgehead atoms. The Morgan fingerprint density at radius 1 is 1.22 bits per heavy atom. The summed E-state index contributed by atoms with van der Waals surface area (Å²) < 4.78 is 41.6. The van der Waals surface area contributed by atoms with Crippen molar-refractivity contribution in [2.75, 3.05) is 24.5 Å². The van der Waals surface area contributed by atoms with Crippen LogP contribution >= 0.6 is 11.6 Å². The minimum atomic E-state index is -4.82. The van der Waals surface area contributed by atoms with Crippen molar-refractivity contribution >= 4 is 23.2 Å². The largest absolute Gasteiger partial charge is 0.573 e. The molecule has 1 aromatic carbocycles. The zero-order valence-corrected chi connectivity index (χ0v) is 14.5. The van der Waals surface area contributed by atoms with Gasteiger partial charge in [0.05, 0.1) is 18.4 Å². The quantitative estimate of drug-likeness (QED) is 0.848. The van der Waals surface area contributed by atoms with E-state index in [2.05, 4.69) is 14.9 Å². The second kappa shape index (κ2) is 7.47. The van der Waals surface area contributed by atoms with Gasteiger partial charge in [-0.25, -0.2) is 5.10 Å². The molecule has 1 saturated heterocycles. The number of nitrogens with one attached hydrogen (secondary N) is 1. The summed E-state index contributed by atoms with van der Waals surface area (Å²) in [4.78, 5) is 27.0. The maximum atomic E-state index is 12.5. The highest BCUT2D eigenvalue weighted by atomic mass is 35.5. The van der Waals surface area contributed by atoms with E-state index in [0.717, 1.165) is 0 Å². The summed E-state index contributed by atoms with van der Waals surface area (Å²) in [7, 11) is 0. The molecular weight excluding hydrogens is 389 g/mol. The van der Waals surface area contributed by atoms with E-state index in [1.54, 1.807) is 11.0 Å². The molecule has 0 radical (unpaired) electrons. The van der Waals surface area contributed by atoms with E-state index in [-0.39, 0.29) is 41.9 Å². The Kier molecular flexibility index (Phi) is 5.26. The van der Waals surface area contributed by atoms with Crippen molar-refractivity contribution in [3.05, 3.63) is 51.4 Å². The van der Waals surface area contributed by atoms with Crippen LogP contribution < -0.4 is 15.2 Å². The summed E-state index contributed by atoms with van der Waals surface area (Å²) in [5.41, 5.74) is 0.00368. The van der Waals surface area contributed by atoms with Crippen molar-refractivity contribution < 1.29 is 22.7 Å². The Balaban J connectivity index is 1.72. The van der Waals surface area contributed by atoms with Crippen LogP contribution in [0.3, 0.4) is 0 Å². The number of rotatable bonds is 4. The lowest BCUT2D eigenvalue weighted by molar-refractivity contribution is -0.275. The Bertz CT molecular complexity index is 903. The van der Waals surface area contributed by atoms with Gasteiger partial charge in [0.2, 0.25) is 5.91 Å². The zero-order chi connectivity index (χ0) is 19.6. The fourth-order valence-corrected chi connectivity index (χ4v) is 2.95. The average molecular weight is 403 g/mol. The molecule has 1 amide bonds. The molecule has 27 heavy (non-hydrogen) atoms. The number of para-hydroxylation sites is 1. The molecule has 144 valence electrons. The topological polar surface area (TPSA) is 78.5 Å². The van der Waals surface area contributed by atoms with Gasteiger partial charge in [0, 0.05) is 25.2 Å². The van der Waals surface area contributed by atoms with E-state index in [1.807, 2.05) is 0 Å². The van der Waals surface area contributed by atoms with Crippen molar-refractivity contribution in [3.8, 4) is 5.75 Å². The third kappa shape index (κ3) is 4.51. The monoisotopic (exact) mass is 402 g/mol. The van der Waals surface area contributed by atoms with Gasteiger partial charge >= 0.3 is 6.36 Å². The Hall–Kier alpha value is -2.75. The van der Waals surface area contributed by atoms with E-state index >= 15 is 0 Å². The van der Waals surface area contributed by atoms with Crippen molar-refractivity contribution in [3.63, 3.8) is 0 Å². The smallest absolute Gasteiger partial charge is 0.405 e. The second-order valence-corrected chi connectivity index (χ2v) is 6.17. The van der Waals surface area contributed by atoms with E-state index in [9.17, 15) is 22.8 Å². The lowest BCUT2D eigenvalue weighted by Gasteiger charge is -2.35. The highest BCUT2D eigenvalue weighted by molar-refractivity contribution is 6.33. The molecule has 1 fully saturated rings. The molecule has 0 spiro atoms. The Labute approximate surface area is 156 Å². The third-order valence-electron chi connectivity index (χ3n) is 4.00. The number of anilines is 1. The van der Waals surface area contributed by atoms with Gasteiger partial charge in [-0.05, 0) is 6.07 Å². The fraction of sp³-hybridized carbons (Fsp3) is 0.312. The van der Waals surface area contributed by atoms with Crippen LogP contribution in [0.5, 0.6) is 5.75 Å². The number of alkyl halides is 3. The summed E-state index contributed by atoms with van der Waals surface area (Å²) in [6, 6.07) is 5.66. The van der Waals surface area contributed by atoms with Gasteiger partial charge in [-0.15, -0.1) is 13.2 Å². The molecule has 2 heterocycles. The van der Waals surface area contributed by atoms with Gasteiger partial charge in [0.25, 0.3) is 5.56 Å². The summed E-state index contributed by atoms with van der Waals surface area (Å²) in [6.07, 6.45) is -3.47. The highest BCUT2D eigenvalue weighted by Gasteiger charge is 2.33. The molecular formula is C16H14ClF3N4O3. The minimum absolute atomic E-state index is 0.0275. The molecule has 11 heteroatoms. The van der Waals surface area contributed by atoms with Crippen LogP contribution in [0.2, 0.25) is 5.02 Å². The predicted octanol–water partition coefficient (Wildman–Crippen LogP) is 2.17. The van der Waals surface area contributed by atoms with Crippen molar-refractivity contribution in [2.24, 2.45) is 0 Å². The number of halogens is 4. The molecule has 0 unspecified atom stereocenters. The van der Waals surface area contributed by atoms with E-state index in [0.29, 0.717) is 12.2 Å². The number of aromatic amines is 1. The number of amides is 1. The van der Waals surface area contributed by atoms with Gasteiger partial charge in [-0.3, -0.25) is 9.59 Å². The van der Waals surface area contributed by atoms with Gasteiger partial charge < -0.3 is 14.5 Å². The highest BCUT2D eigenvalue weighted by Crippen LogP contribution is 2.28. The maximum Gasteiger partial charge on any atom is 0.573 e. The fourth-order valence-electron chi connectivity index (χ4n) is 2.74. The summed E-state index contributed by atoms with van der Waals surface area (Å²) >= 11 is 5.95.